The molecule has 0 saturated carbocycles. The number of benzene rings is 2. The van der Waals surface area contributed by atoms with E-state index in [0.717, 1.165) is 21.0 Å². The summed E-state index contributed by atoms with van der Waals surface area (Å²) in [5.74, 6) is -0.310. The standard InChI is InChI=1S/C21H19N3O3S3/c25-20(15-9-11-24(12-10-15)30(26,27)18-6-3-13-28-18)23-21-22-19-16-5-2-1-4-14(16)7-8-17(19)29-21/h1-8,13,15H,9-12H2,(H,22,23,25). The number of thiophene rings is 1. The van der Waals surface area contributed by atoms with Crippen molar-refractivity contribution in [3.63, 3.8) is 0 Å². The molecule has 9 heteroatoms. The number of hydrogen-bond acceptors (Lipinski definition) is 6. The van der Waals surface area contributed by atoms with Crippen molar-refractivity contribution in [3.8, 4) is 0 Å². The third-order valence-corrected chi connectivity index (χ3v) is 9.64. The van der Waals surface area contributed by atoms with Crippen molar-refractivity contribution in [3.05, 3.63) is 53.9 Å². The number of carbonyl (C=O) groups is 1. The summed E-state index contributed by atoms with van der Waals surface area (Å²) in [5.41, 5.74) is 0.894. The van der Waals surface area contributed by atoms with Gasteiger partial charge in [-0.2, -0.15) is 4.31 Å². The summed E-state index contributed by atoms with van der Waals surface area (Å²) in [6, 6.07) is 15.5. The first-order valence-electron chi connectivity index (χ1n) is 9.65. The van der Waals surface area contributed by atoms with E-state index in [1.165, 1.54) is 27.0 Å². The molecule has 6 nitrogen and oxygen atoms in total. The normalized spacial score (nSPS) is 16.3. The number of nitrogens with one attached hydrogen (secondary N) is 1. The number of carbonyl (C=O) groups excluding carboxylic acids is 1. The Labute approximate surface area is 182 Å². The monoisotopic (exact) mass is 457 g/mol. The lowest BCUT2D eigenvalue weighted by molar-refractivity contribution is -0.120. The fourth-order valence-corrected chi connectivity index (χ4v) is 7.32. The second kappa shape index (κ2) is 7.73. The van der Waals surface area contributed by atoms with Crippen molar-refractivity contribution < 1.29 is 13.2 Å². The second-order valence-corrected chi connectivity index (χ2v) is 11.4. The van der Waals surface area contributed by atoms with Gasteiger partial charge >= 0.3 is 0 Å². The van der Waals surface area contributed by atoms with Crippen molar-refractivity contribution in [2.75, 3.05) is 18.4 Å². The summed E-state index contributed by atoms with van der Waals surface area (Å²) in [7, 11) is -3.45. The topological polar surface area (TPSA) is 79.4 Å². The highest BCUT2D eigenvalue weighted by Gasteiger charge is 2.32. The molecule has 3 heterocycles. The highest BCUT2D eigenvalue weighted by Crippen LogP contribution is 2.33. The Hall–Kier alpha value is -2.33. The summed E-state index contributed by atoms with van der Waals surface area (Å²) < 4.78 is 28.2. The van der Waals surface area contributed by atoms with E-state index in [-0.39, 0.29) is 11.8 Å². The molecule has 2 aromatic carbocycles. The van der Waals surface area contributed by atoms with Gasteiger partial charge in [0.1, 0.15) is 4.21 Å². The summed E-state index contributed by atoms with van der Waals surface area (Å²) in [5, 5.41) is 7.48. The van der Waals surface area contributed by atoms with Crippen LogP contribution in [-0.4, -0.2) is 36.7 Å². The molecular weight excluding hydrogens is 438 g/mol. The summed E-state index contributed by atoms with van der Waals surface area (Å²) in [6.45, 7) is 0.700. The number of amides is 1. The van der Waals surface area contributed by atoms with Crippen LogP contribution in [-0.2, 0) is 14.8 Å². The van der Waals surface area contributed by atoms with Crippen LogP contribution in [0.4, 0.5) is 5.13 Å². The maximum absolute atomic E-state index is 12.8. The average molecular weight is 458 g/mol. The summed E-state index contributed by atoms with van der Waals surface area (Å²) in [6.07, 6.45) is 1.01. The molecule has 2 aromatic heterocycles. The van der Waals surface area contributed by atoms with Gasteiger partial charge in [0, 0.05) is 24.4 Å². The molecule has 30 heavy (non-hydrogen) atoms. The predicted octanol–water partition coefficient (Wildman–Crippen LogP) is 4.55. The highest BCUT2D eigenvalue weighted by molar-refractivity contribution is 7.91. The van der Waals surface area contributed by atoms with Gasteiger partial charge in [0.15, 0.2) is 5.13 Å². The van der Waals surface area contributed by atoms with Crippen LogP contribution in [0.2, 0.25) is 0 Å². The van der Waals surface area contributed by atoms with Gasteiger partial charge in [-0.25, -0.2) is 13.4 Å². The van der Waals surface area contributed by atoms with E-state index >= 15 is 0 Å². The van der Waals surface area contributed by atoms with Gasteiger partial charge in [-0.05, 0) is 35.7 Å². The number of fused-ring (bicyclic) bond motifs is 3. The van der Waals surface area contributed by atoms with E-state index in [1.54, 1.807) is 17.5 Å². The Balaban J connectivity index is 1.28. The number of hydrogen-bond donors (Lipinski definition) is 1. The molecule has 4 aromatic rings. The molecule has 1 N–H and O–H groups in total. The van der Waals surface area contributed by atoms with Crippen molar-refractivity contribution >= 4 is 64.7 Å². The Kier molecular flexibility index (Phi) is 5.06. The van der Waals surface area contributed by atoms with Gasteiger partial charge in [0.25, 0.3) is 10.0 Å². The zero-order valence-electron chi connectivity index (χ0n) is 15.9. The van der Waals surface area contributed by atoms with E-state index in [9.17, 15) is 13.2 Å². The number of sulfonamides is 1. The molecule has 1 fully saturated rings. The molecule has 5 rings (SSSR count). The van der Waals surface area contributed by atoms with Gasteiger partial charge in [-0.3, -0.25) is 4.79 Å². The second-order valence-electron chi connectivity index (χ2n) is 7.25. The average Bonchev–Trinajstić information content (AvgIpc) is 3.44. The van der Waals surface area contributed by atoms with Gasteiger partial charge < -0.3 is 5.32 Å². The molecule has 1 aliphatic heterocycles. The molecule has 1 amide bonds. The Bertz CT molecular complexity index is 1320. The number of thiazole rings is 1. The lowest BCUT2D eigenvalue weighted by atomic mass is 9.97. The van der Waals surface area contributed by atoms with Crippen LogP contribution in [0.15, 0.2) is 58.1 Å². The molecule has 0 aliphatic carbocycles. The van der Waals surface area contributed by atoms with Gasteiger partial charge in [-0.1, -0.05) is 47.7 Å². The maximum Gasteiger partial charge on any atom is 0.252 e. The minimum atomic E-state index is -3.45. The zero-order chi connectivity index (χ0) is 20.7. The quantitative estimate of drug-likeness (QED) is 0.488. The molecule has 154 valence electrons. The van der Waals surface area contributed by atoms with Crippen molar-refractivity contribution in [1.82, 2.24) is 9.29 Å². The lowest BCUT2D eigenvalue weighted by Gasteiger charge is -2.29. The van der Waals surface area contributed by atoms with Gasteiger partial charge in [0.05, 0.1) is 10.2 Å². The first-order valence-corrected chi connectivity index (χ1v) is 12.8. The molecule has 0 radical (unpaired) electrons. The molecule has 0 spiro atoms. The van der Waals surface area contributed by atoms with E-state index in [1.807, 2.05) is 30.3 Å². The minimum Gasteiger partial charge on any atom is -0.302 e. The molecule has 0 atom stereocenters. The van der Waals surface area contributed by atoms with Crippen molar-refractivity contribution in [2.45, 2.75) is 17.1 Å². The molecule has 0 unspecified atom stereocenters. The smallest absolute Gasteiger partial charge is 0.252 e. The number of anilines is 1. The molecule has 1 saturated heterocycles. The van der Waals surface area contributed by atoms with E-state index < -0.39 is 10.0 Å². The fraction of sp³-hybridized carbons (Fsp3) is 0.238. The van der Waals surface area contributed by atoms with Crippen LogP contribution < -0.4 is 5.32 Å². The summed E-state index contributed by atoms with van der Waals surface area (Å²) >= 11 is 2.68. The number of aromatic nitrogens is 1. The Morgan fingerprint density at radius 1 is 1.07 bits per heavy atom. The third-order valence-electron chi connectivity index (χ3n) is 5.43. The Morgan fingerprint density at radius 2 is 1.87 bits per heavy atom. The molecular formula is C21H19N3O3S3. The van der Waals surface area contributed by atoms with Crippen molar-refractivity contribution in [2.24, 2.45) is 5.92 Å². The van der Waals surface area contributed by atoms with Crippen LogP contribution in [0.3, 0.4) is 0 Å². The van der Waals surface area contributed by atoms with Crippen LogP contribution in [0.1, 0.15) is 12.8 Å². The number of rotatable bonds is 4. The first-order chi connectivity index (χ1) is 14.5. The molecule has 0 bridgehead atoms. The number of piperidine rings is 1. The predicted molar refractivity (Wildman–Crippen MR) is 122 cm³/mol. The third kappa shape index (κ3) is 3.51. The largest absolute Gasteiger partial charge is 0.302 e. The van der Waals surface area contributed by atoms with Crippen LogP contribution in [0.5, 0.6) is 0 Å². The van der Waals surface area contributed by atoms with Gasteiger partial charge in [-0.15, -0.1) is 11.3 Å². The van der Waals surface area contributed by atoms with E-state index in [4.69, 9.17) is 0 Å². The van der Waals surface area contributed by atoms with E-state index in [0.29, 0.717) is 35.3 Å². The van der Waals surface area contributed by atoms with Gasteiger partial charge in [0.2, 0.25) is 5.91 Å². The van der Waals surface area contributed by atoms with Crippen molar-refractivity contribution in [1.29, 1.82) is 0 Å². The zero-order valence-corrected chi connectivity index (χ0v) is 18.4. The minimum absolute atomic E-state index is 0.0912. The van der Waals surface area contributed by atoms with Crippen LogP contribution in [0, 0.1) is 5.92 Å². The Morgan fingerprint density at radius 3 is 2.63 bits per heavy atom. The maximum atomic E-state index is 12.8. The lowest BCUT2D eigenvalue weighted by Crippen LogP contribution is -2.41. The molecule has 1 aliphatic rings. The van der Waals surface area contributed by atoms with E-state index in [2.05, 4.69) is 16.4 Å². The highest BCUT2D eigenvalue weighted by atomic mass is 32.2. The fourth-order valence-electron chi connectivity index (χ4n) is 3.82. The first kappa shape index (κ1) is 19.6. The summed E-state index contributed by atoms with van der Waals surface area (Å²) in [4.78, 5) is 17.4. The number of nitrogens with zero attached hydrogens (tertiary/aromatic N) is 2. The SMILES string of the molecule is O=C(Nc1nc2c(ccc3ccccc32)s1)C1CCN(S(=O)(=O)c2cccs2)CC1. The van der Waals surface area contributed by atoms with Crippen LogP contribution in [0.25, 0.3) is 21.0 Å². The van der Waals surface area contributed by atoms with Crippen LogP contribution >= 0.6 is 22.7 Å².